The summed E-state index contributed by atoms with van der Waals surface area (Å²) in [6.07, 6.45) is 0. The zero-order valence-corrected chi connectivity index (χ0v) is 35.6. The second kappa shape index (κ2) is 16.2. The van der Waals surface area contributed by atoms with Gasteiger partial charge in [0.2, 0.25) is 0 Å². The van der Waals surface area contributed by atoms with Gasteiger partial charge in [-0.15, -0.1) is 0 Å². The minimum Gasteiger partial charge on any atom is -0.453 e. The third-order valence-corrected chi connectivity index (χ3v) is 12.6. The van der Waals surface area contributed by atoms with Crippen molar-refractivity contribution in [1.29, 1.82) is 0 Å². The normalized spacial score (nSPS) is 11.4. The summed E-state index contributed by atoms with van der Waals surface area (Å²) >= 11 is 0. The summed E-state index contributed by atoms with van der Waals surface area (Å²) in [5.41, 5.74) is 14.7. The fraction of sp³-hybridized carbons (Fsp3) is 0. The van der Waals surface area contributed by atoms with Crippen molar-refractivity contribution in [1.82, 2.24) is 0 Å². The molecule has 0 spiro atoms. The van der Waals surface area contributed by atoms with Crippen LogP contribution in [-0.4, -0.2) is 0 Å². The van der Waals surface area contributed by atoms with Crippen LogP contribution in [0.25, 0.3) is 76.9 Å². The molecule has 0 aliphatic carbocycles. The number of anilines is 6. The molecule has 12 aromatic rings. The number of rotatable bonds is 9. The van der Waals surface area contributed by atoms with E-state index in [1.165, 1.54) is 16.3 Å². The van der Waals surface area contributed by atoms with E-state index in [2.05, 4.69) is 265 Å². The Hall–Kier alpha value is -8.66. The van der Waals surface area contributed by atoms with Crippen molar-refractivity contribution >= 4 is 77.6 Å². The summed E-state index contributed by atoms with van der Waals surface area (Å²) in [5.74, 6) is 0. The second-order valence-electron chi connectivity index (χ2n) is 16.5. The first-order valence-corrected chi connectivity index (χ1v) is 22.2. The summed E-state index contributed by atoms with van der Waals surface area (Å²) in [5, 5.41) is 6.73. The Kier molecular flexibility index (Phi) is 9.50. The van der Waals surface area contributed by atoms with Gasteiger partial charge in [0.05, 0.1) is 17.1 Å². The zero-order valence-electron chi connectivity index (χ0n) is 35.6. The lowest BCUT2D eigenvalue weighted by Crippen LogP contribution is -2.14. The highest BCUT2D eigenvalue weighted by Gasteiger charge is 2.27. The second-order valence-corrected chi connectivity index (χ2v) is 16.5. The van der Waals surface area contributed by atoms with Crippen molar-refractivity contribution in [3.05, 3.63) is 255 Å². The van der Waals surface area contributed by atoms with Crippen LogP contribution in [0.4, 0.5) is 34.1 Å². The Labute approximate surface area is 378 Å². The lowest BCUT2D eigenvalue weighted by Gasteiger charge is -2.31. The first-order chi connectivity index (χ1) is 32.2. The van der Waals surface area contributed by atoms with Crippen LogP contribution in [0.3, 0.4) is 0 Å². The SMILES string of the molecule is c1ccc(-c2ccc(N(c3cc(N(c4ccccc4)c4ccccc4-c4ccc5ccccc5c4)c4oc5c6ccccc6ccc5c4c3)c3ccccc3-c3ccccc3)cc2)cc1. The van der Waals surface area contributed by atoms with Crippen molar-refractivity contribution in [3.63, 3.8) is 0 Å². The van der Waals surface area contributed by atoms with Crippen molar-refractivity contribution in [2.45, 2.75) is 0 Å². The predicted octanol–water partition coefficient (Wildman–Crippen LogP) is 17.8. The maximum absolute atomic E-state index is 7.27. The Bertz CT molecular complexity index is 3650. The van der Waals surface area contributed by atoms with Gasteiger partial charge < -0.3 is 14.2 Å². The molecule has 12 rings (SSSR count). The standard InChI is InChI=1S/C62H42N2O/c1-4-18-43(19-5-1)45-34-37-51(38-35-45)63(58-30-16-14-27-53(58)46-21-6-2-7-22-46)52-41-57-56-39-36-47-23-12-13-29-55(47)61(56)65-62(57)60(42-52)64(50-25-8-3-9-26-50)59-31-17-15-28-54(59)49-33-32-44-20-10-11-24-48(44)40-49/h1-42H. The van der Waals surface area contributed by atoms with Crippen LogP contribution in [0.2, 0.25) is 0 Å². The van der Waals surface area contributed by atoms with Crippen molar-refractivity contribution < 1.29 is 4.42 Å². The molecule has 0 radical (unpaired) electrons. The predicted molar refractivity (Wildman–Crippen MR) is 274 cm³/mol. The molecule has 11 aromatic carbocycles. The van der Waals surface area contributed by atoms with E-state index in [1.807, 2.05) is 0 Å². The van der Waals surface area contributed by atoms with Gasteiger partial charge in [-0.2, -0.15) is 0 Å². The van der Waals surface area contributed by atoms with E-state index in [0.717, 1.165) is 94.7 Å². The van der Waals surface area contributed by atoms with Crippen LogP contribution in [-0.2, 0) is 0 Å². The Morgan fingerprint density at radius 2 is 0.769 bits per heavy atom. The molecular weight excluding hydrogens is 789 g/mol. The van der Waals surface area contributed by atoms with Gasteiger partial charge in [-0.25, -0.2) is 0 Å². The van der Waals surface area contributed by atoms with E-state index in [4.69, 9.17) is 4.42 Å². The average molecular weight is 831 g/mol. The van der Waals surface area contributed by atoms with Gasteiger partial charge in [-0.1, -0.05) is 194 Å². The van der Waals surface area contributed by atoms with Gasteiger partial charge in [-0.3, -0.25) is 0 Å². The van der Waals surface area contributed by atoms with Crippen LogP contribution >= 0.6 is 0 Å². The molecule has 0 atom stereocenters. The molecule has 0 fully saturated rings. The number of nitrogens with zero attached hydrogens (tertiary/aromatic N) is 2. The van der Waals surface area contributed by atoms with E-state index >= 15 is 0 Å². The third-order valence-electron chi connectivity index (χ3n) is 12.6. The summed E-state index contributed by atoms with van der Waals surface area (Å²) in [6.45, 7) is 0. The maximum Gasteiger partial charge on any atom is 0.159 e. The van der Waals surface area contributed by atoms with E-state index in [0.29, 0.717) is 0 Å². The summed E-state index contributed by atoms with van der Waals surface area (Å²) in [7, 11) is 0. The molecule has 0 saturated heterocycles. The van der Waals surface area contributed by atoms with Gasteiger partial charge in [0.1, 0.15) is 5.58 Å². The van der Waals surface area contributed by atoms with Crippen molar-refractivity contribution in [2.24, 2.45) is 0 Å². The molecule has 0 amide bonds. The number of benzene rings is 11. The van der Waals surface area contributed by atoms with E-state index in [-0.39, 0.29) is 0 Å². The Morgan fingerprint density at radius 3 is 1.51 bits per heavy atom. The molecule has 0 N–H and O–H groups in total. The number of hydrogen-bond donors (Lipinski definition) is 0. The monoisotopic (exact) mass is 830 g/mol. The minimum atomic E-state index is 0.813. The Morgan fingerprint density at radius 1 is 0.246 bits per heavy atom. The van der Waals surface area contributed by atoms with Gasteiger partial charge in [0.25, 0.3) is 0 Å². The van der Waals surface area contributed by atoms with Gasteiger partial charge in [-0.05, 0) is 99.1 Å². The van der Waals surface area contributed by atoms with E-state index in [1.54, 1.807) is 0 Å². The highest BCUT2D eigenvalue weighted by molar-refractivity contribution is 6.19. The molecule has 1 aromatic heterocycles. The molecular formula is C62H42N2O. The molecule has 65 heavy (non-hydrogen) atoms. The quantitative estimate of drug-likeness (QED) is 0.144. The zero-order chi connectivity index (χ0) is 43.1. The molecule has 0 aliphatic rings. The number of para-hydroxylation sites is 3. The van der Waals surface area contributed by atoms with Crippen LogP contribution in [0.5, 0.6) is 0 Å². The maximum atomic E-state index is 7.27. The van der Waals surface area contributed by atoms with Gasteiger partial charge >= 0.3 is 0 Å². The Balaban J connectivity index is 1.17. The van der Waals surface area contributed by atoms with E-state index in [9.17, 15) is 0 Å². The van der Waals surface area contributed by atoms with Crippen molar-refractivity contribution in [3.8, 4) is 33.4 Å². The fourth-order valence-corrected chi connectivity index (χ4v) is 9.51. The molecule has 0 unspecified atom stereocenters. The largest absolute Gasteiger partial charge is 0.453 e. The molecule has 0 aliphatic heterocycles. The first kappa shape index (κ1) is 38.0. The lowest BCUT2D eigenvalue weighted by molar-refractivity contribution is 0.673. The first-order valence-electron chi connectivity index (χ1n) is 22.2. The van der Waals surface area contributed by atoms with Crippen LogP contribution in [0, 0.1) is 0 Å². The molecule has 3 heteroatoms. The van der Waals surface area contributed by atoms with Gasteiger partial charge in [0, 0.05) is 44.3 Å². The fourth-order valence-electron chi connectivity index (χ4n) is 9.51. The minimum absolute atomic E-state index is 0.813. The summed E-state index contributed by atoms with van der Waals surface area (Å²) in [4.78, 5) is 4.80. The molecule has 1 heterocycles. The third kappa shape index (κ3) is 6.87. The smallest absolute Gasteiger partial charge is 0.159 e. The number of hydrogen-bond acceptors (Lipinski definition) is 3. The summed E-state index contributed by atoms with van der Waals surface area (Å²) < 4.78 is 7.27. The van der Waals surface area contributed by atoms with Gasteiger partial charge in [0.15, 0.2) is 5.58 Å². The lowest BCUT2D eigenvalue weighted by atomic mass is 9.98. The van der Waals surface area contributed by atoms with Crippen molar-refractivity contribution in [2.75, 3.05) is 9.80 Å². The van der Waals surface area contributed by atoms with E-state index < -0.39 is 0 Å². The topological polar surface area (TPSA) is 19.6 Å². The molecule has 306 valence electrons. The van der Waals surface area contributed by atoms with Crippen LogP contribution < -0.4 is 9.80 Å². The molecule has 0 bridgehead atoms. The molecule has 0 saturated carbocycles. The number of fused-ring (bicyclic) bond motifs is 6. The average Bonchev–Trinajstić information content (AvgIpc) is 3.77. The van der Waals surface area contributed by atoms with Crippen LogP contribution in [0.1, 0.15) is 0 Å². The summed E-state index contributed by atoms with van der Waals surface area (Å²) in [6, 6.07) is 91.4. The number of furan rings is 1. The van der Waals surface area contributed by atoms with Crippen LogP contribution in [0.15, 0.2) is 259 Å². The highest BCUT2D eigenvalue weighted by atomic mass is 16.3. The molecule has 3 nitrogen and oxygen atoms in total. The highest BCUT2D eigenvalue weighted by Crippen LogP contribution is 2.50.